The van der Waals surface area contributed by atoms with E-state index in [1.807, 2.05) is 24.3 Å². The first-order valence-corrected chi connectivity index (χ1v) is 12.2. The van der Waals surface area contributed by atoms with Gasteiger partial charge in [0.2, 0.25) is 0 Å². The Morgan fingerprint density at radius 2 is 1.58 bits per heavy atom. The molecule has 0 bridgehead atoms. The molecule has 3 atom stereocenters. The average Bonchev–Trinajstić information content (AvgIpc) is 2.85. The van der Waals surface area contributed by atoms with Crippen LogP contribution in [-0.4, -0.2) is 34.4 Å². The average molecular weight is 446 g/mol. The maximum atomic E-state index is 13.6. The molecule has 3 aromatic carbocycles. The van der Waals surface area contributed by atoms with Crippen molar-refractivity contribution >= 4 is 0 Å². The highest BCUT2D eigenvalue weighted by Crippen LogP contribution is 2.47. The standard InChI is InChI=1S/C29H32FNO2/c30-24-11-8-21(9-12-24)26-14-10-23-19-25(32)13-15-27(23)29(26)22-6-4-20(5-7-22)18-28(33)31-16-2-1-3-17-31/h4-9,11-13,15,19,26,28-29,32-33H,1-3,10,14,16-18H2. The molecule has 2 N–H and O–H groups in total. The van der Waals surface area contributed by atoms with Gasteiger partial charge in [0.05, 0.1) is 0 Å². The van der Waals surface area contributed by atoms with Crippen LogP contribution in [0.5, 0.6) is 5.75 Å². The lowest BCUT2D eigenvalue weighted by Gasteiger charge is -2.35. The fourth-order valence-corrected chi connectivity index (χ4v) is 5.70. The Kier molecular flexibility index (Phi) is 6.48. The van der Waals surface area contributed by atoms with Crippen molar-refractivity contribution in [3.8, 4) is 5.75 Å². The van der Waals surface area contributed by atoms with Crippen LogP contribution in [0.15, 0.2) is 66.7 Å². The quantitative estimate of drug-likeness (QED) is 0.526. The molecule has 3 nitrogen and oxygen atoms in total. The lowest BCUT2D eigenvalue weighted by Crippen LogP contribution is -2.40. The highest BCUT2D eigenvalue weighted by atomic mass is 19.1. The van der Waals surface area contributed by atoms with E-state index in [2.05, 4.69) is 29.2 Å². The molecule has 1 saturated heterocycles. The van der Waals surface area contributed by atoms with Crippen LogP contribution in [0.3, 0.4) is 0 Å². The van der Waals surface area contributed by atoms with Gasteiger partial charge in [-0.2, -0.15) is 0 Å². The molecule has 0 radical (unpaired) electrons. The SMILES string of the molecule is Oc1ccc2c(c1)CCC(c1ccc(F)cc1)C2c1ccc(CC(O)N2CCCCC2)cc1. The summed E-state index contributed by atoms with van der Waals surface area (Å²) in [5.74, 6) is 0.469. The van der Waals surface area contributed by atoms with Gasteiger partial charge >= 0.3 is 0 Å². The molecular formula is C29H32FNO2. The Hall–Kier alpha value is -2.69. The highest BCUT2D eigenvalue weighted by molar-refractivity contribution is 5.47. The second-order valence-electron chi connectivity index (χ2n) is 9.58. The van der Waals surface area contributed by atoms with Gasteiger partial charge in [0, 0.05) is 25.4 Å². The van der Waals surface area contributed by atoms with Gasteiger partial charge in [0.1, 0.15) is 17.8 Å². The van der Waals surface area contributed by atoms with Crippen LogP contribution in [0, 0.1) is 5.82 Å². The number of aromatic hydroxyl groups is 1. The van der Waals surface area contributed by atoms with Gasteiger partial charge < -0.3 is 10.2 Å². The molecule has 3 aromatic rings. The summed E-state index contributed by atoms with van der Waals surface area (Å²) in [7, 11) is 0. The topological polar surface area (TPSA) is 43.7 Å². The molecule has 5 rings (SSSR count). The highest BCUT2D eigenvalue weighted by Gasteiger charge is 2.32. The summed E-state index contributed by atoms with van der Waals surface area (Å²) < 4.78 is 13.6. The van der Waals surface area contributed by atoms with Crippen LogP contribution < -0.4 is 0 Å². The van der Waals surface area contributed by atoms with E-state index < -0.39 is 6.23 Å². The molecule has 0 aromatic heterocycles. The number of hydrogen-bond donors (Lipinski definition) is 2. The maximum absolute atomic E-state index is 13.6. The first kappa shape index (κ1) is 22.1. The van der Waals surface area contributed by atoms with Crippen molar-refractivity contribution in [1.82, 2.24) is 4.90 Å². The number of aliphatic hydroxyl groups excluding tert-OH is 1. The minimum absolute atomic E-state index is 0.140. The number of hydrogen-bond acceptors (Lipinski definition) is 3. The van der Waals surface area contributed by atoms with Gasteiger partial charge in [0.15, 0.2) is 0 Å². The van der Waals surface area contributed by atoms with Gasteiger partial charge in [0.25, 0.3) is 0 Å². The van der Waals surface area contributed by atoms with Gasteiger partial charge in [-0.3, -0.25) is 4.90 Å². The summed E-state index contributed by atoms with van der Waals surface area (Å²) in [4.78, 5) is 2.19. The number of aliphatic hydroxyl groups is 1. The van der Waals surface area contributed by atoms with Crippen LogP contribution in [0.4, 0.5) is 4.39 Å². The van der Waals surface area contributed by atoms with E-state index in [0.717, 1.165) is 49.9 Å². The molecule has 33 heavy (non-hydrogen) atoms. The van der Waals surface area contributed by atoms with Crippen LogP contribution >= 0.6 is 0 Å². The van der Waals surface area contributed by atoms with Crippen LogP contribution in [-0.2, 0) is 12.8 Å². The predicted octanol–water partition coefficient (Wildman–Crippen LogP) is 5.74. The lowest BCUT2D eigenvalue weighted by molar-refractivity contribution is -0.00697. The van der Waals surface area contributed by atoms with E-state index in [4.69, 9.17) is 0 Å². The van der Waals surface area contributed by atoms with Gasteiger partial charge in [-0.25, -0.2) is 4.39 Å². The second kappa shape index (κ2) is 9.66. The van der Waals surface area contributed by atoms with Gasteiger partial charge in [-0.05, 0) is 83.7 Å². The van der Waals surface area contributed by atoms with Gasteiger partial charge in [-0.15, -0.1) is 0 Å². The van der Waals surface area contributed by atoms with E-state index in [1.54, 1.807) is 18.2 Å². The number of benzene rings is 3. The predicted molar refractivity (Wildman–Crippen MR) is 129 cm³/mol. The van der Waals surface area contributed by atoms with Crippen molar-refractivity contribution in [2.24, 2.45) is 0 Å². The summed E-state index contributed by atoms with van der Waals surface area (Å²) in [6.45, 7) is 1.95. The minimum Gasteiger partial charge on any atom is -0.508 e. The second-order valence-corrected chi connectivity index (χ2v) is 9.58. The molecule has 172 valence electrons. The molecule has 0 saturated carbocycles. The Balaban J connectivity index is 1.43. The van der Waals surface area contributed by atoms with E-state index in [-0.39, 0.29) is 17.7 Å². The summed E-state index contributed by atoms with van der Waals surface area (Å²) in [5, 5.41) is 20.7. The van der Waals surface area contributed by atoms with E-state index in [1.165, 1.54) is 23.1 Å². The number of likely N-dealkylation sites (tertiary alicyclic amines) is 1. The van der Waals surface area contributed by atoms with Crippen LogP contribution in [0.25, 0.3) is 0 Å². The number of phenolic OH excluding ortho intramolecular Hbond substituents is 1. The largest absolute Gasteiger partial charge is 0.508 e. The van der Waals surface area contributed by atoms with Crippen LogP contribution in [0.1, 0.15) is 65.3 Å². The number of phenols is 1. The lowest BCUT2D eigenvalue weighted by atomic mass is 9.69. The summed E-state index contributed by atoms with van der Waals surface area (Å²) in [6, 6.07) is 21.2. The molecule has 1 heterocycles. The molecule has 0 amide bonds. The van der Waals surface area contributed by atoms with Crippen LogP contribution in [0.2, 0.25) is 0 Å². The summed E-state index contributed by atoms with van der Waals surface area (Å²) >= 11 is 0. The smallest absolute Gasteiger partial charge is 0.123 e. The molecule has 1 fully saturated rings. The Bertz CT molecular complexity index is 1070. The van der Waals surface area contributed by atoms with E-state index in [9.17, 15) is 14.6 Å². The zero-order valence-electron chi connectivity index (χ0n) is 19.0. The molecule has 2 aliphatic rings. The number of halogens is 1. The molecule has 3 unspecified atom stereocenters. The maximum Gasteiger partial charge on any atom is 0.123 e. The number of aryl methyl sites for hydroxylation is 1. The van der Waals surface area contributed by atoms with Crippen molar-refractivity contribution in [2.75, 3.05) is 13.1 Å². The third kappa shape index (κ3) is 4.83. The monoisotopic (exact) mass is 445 g/mol. The molecule has 1 aliphatic heterocycles. The summed E-state index contributed by atoms with van der Waals surface area (Å²) in [5.41, 5.74) is 5.91. The van der Waals surface area contributed by atoms with Crippen molar-refractivity contribution in [2.45, 2.75) is 56.6 Å². The van der Waals surface area contributed by atoms with Crippen molar-refractivity contribution in [3.05, 3.63) is 100 Å². The first-order valence-electron chi connectivity index (χ1n) is 12.2. The zero-order valence-corrected chi connectivity index (χ0v) is 19.0. The van der Waals surface area contributed by atoms with Crippen molar-refractivity contribution in [1.29, 1.82) is 0 Å². The minimum atomic E-state index is -0.429. The number of rotatable bonds is 5. The number of fused-ring (bicyclic) bond motifs is 1. The van der Waals surface area contributed by atoms with Crippen molar-refractivity contribution in [3.63, 3.8) is 0 Å². The summed E-state index contributed by atoms with van der Waals surface area (Å²) in [6.07, 6.45) is 5.63. The molecule has 0 spiro atoms. The molecule has 4 heteroatoms. The van der Waals surface area contributed by atoms with E-state index in [0.29, 0.717) is 12.2 Å². The third-order valence-electron chi connectivity index (χ3n) is 7.46. The van der Waals surface area contributed by atoms with E-state index >= 15 is 0 Å². The van der Waals surface area contributed by atoms with Gasteiger partial charge in [-0.1, -0.05) is 48.9 Å². The Morgan fingerprint density at radius 1 is 0.879 bits per heavy atom. The fourth-order valence-electron chi connectivity index (χ4n) is 5.70. The third-order valence-corrected chi connectivity index (χ3v) is 7.46. The Morgan fingerprint density at radius 3 is 2.30 bits per heavy atom. The normalized spacial score (nSPS) is 22.0. The molecular weight excluding hydrogens is 413 g/mol. The Labute approximate surface area is 195 Å². The number of nitrogens with zero attached hydrogens (tertiary/aromatic N) is 1. The zero-order chi connectivity index (χ0) is 22.8. The fraction of sp³-hybridized carbons (Fsp3) is 0.379. The van der Waals surface area contributed by atoms with Crippen molar-refractivity contribution < 1.29 is 14.6 Å². The number of piperidine rings is 1. The molecule has 1 aliphatic carbocycles. The first-order chi connectivity index (χ1) is 16.1.